The van der Waals surface area contributed by atoms with E-state index in [9.17, 15) is 4.79 Å². The average Bonchev–Trinajstić information content (AvgIpc) is 2.45. The first kappa shape index (κ1) is 14.8. The van der Waals surface area contributed by atoms with Gasteiger partial charge in [0.25, 0.3) is 0 Å². The van der Waals surface area contributed by atoms with Crippen LogP contribution in [0.5, 0.6) is 5.75 Å². The molecule has 0 atom stereocenters. The summed E-state index contributed by atoms with van der Waals surface area (Å²) in [5, 5.41) is 9.42. The number of nitriles is 1. The summed E-state index contributed by atoms with van der Waals surface area (Å²) in [6.45, 7) is -0.129. The van der Waals surface area contributed by atoms with Crippen molar-refractivity contribution in [3.63, 3.8) is 0 Å². The van der Waals surface area contributed by atoms with Gasteiger partial charge in [0, 0.05) is 20.2 Å². The normalized spacial score (nSPS) is 9.85. The van der Waals surface area contributed by atoms with Crippen LogP contribution in [0.1, 0.15) is 15.9 Å². The van der Waals surface area contributed by atoms with Crippen molar-refractivity contribution in [1.29, 1.82) is 5.26 Å². The number of ether oxygens (including phenoxy) is 1. The summed E-state index contributed by atoms with van der Waals surface area (Å²) in [5.41, 5.74) is 0.927. The van der Waals surface area contributed by atoms with Crippen molar-refractivity contribution >= 4 is 40.0 Å². The first-order chi connectivity index (χ1) is 9.60. The fourth-order valence-corrected chi connectivity index (χ4v) is 2.09. The molecule has 0 bridgehead atoms. The van der Waals surface area contributed by atoms with Gasteiger partial charge >= 0.3 is 0 Å². The van der Waals surface area contributed by atoms with Gasteiger partial charge in [-0.2, -0.15) is 5.26 Å². The lowest BCUT2D eigenvalue weighted by Crippen LogP contribution is -2.12. The van der Waals surface area contributed by atoms with E-state index in [4.69, 9.17) is 21.6 Å². The fraction of sp³-hybridized carbons (Fsp3) is 0.0667. The molecule has 100 valence electrons. The van der Waals surface area contributed by atoms with E-state index in [0.717, 1.165) is 3.57 Å². The smallest absolute Gasteiger partial charge is 0.200 e. The van der Waals surface area contributed by atoms with Crippen molar-refractivity contribution in [1.82, 2.24) is 0 Å². The first-order valence-corrected chi connectivity index (χ1v) is 7.17. The molecule has 5 heteroatoms. The van der Waals surface area contributed by atoms with Gasteiger partial charge in [-0.1, -0.05) is 23.7 Å². The zero-order valence-electron chi connectivity index (χ0n) is 10.3. The third kappa shape index (κ3) is 3.71. The van der Waals surface area contributed by atoms with Gasteiger partial charge in [-0.3, -0.25) is 4.79 Å². The molecule has 0 amide bonds. The second-order valence-corrected chi connectivity index (χ2v) is 5.65. The minimum Gasteiger partial charge on any atom is -0.484 e. The quantitative estimate of drug-likeness (QED) is 0.577. The van der Waals surface area contributed by atoms with E-state index in [-0.39, 0.29) is 12.4 Å². The van der Waals surface area contributed by atoms with Crippen molar-refractivity contribution < 1.29 is 9.53 Å². The van der Waals surface area contributed by atoms with E-state index in [1.807, 2.05) is 18.2 Å². The van der Waals surface area contributed by atoms with Gasteiger partial charge < -0.3 is 4.74 Å². The molecule has 0 saturated heterocycles. The van der Waals surface area contributed by atoms with Crippen molar-refractivity contribution in [2.24, 2.45) is 0 Å². The van der Waals surface area contributed by atoms with Crippen LogP contribution >= 0.6 is 34.2 Å². The summed E-state index contributed by atoms with van der Waals surface area (Å²) in [6.07, 6.45) is 0. The molecule has 3 nitrogen and oxygen atoms in total. The van der Waals surface area contributed by atoms with Crippen LogP contribution in [0.2, 0.25) is 5.02 Å². The molecule has 0 spiro atoms. The molecule has 0 heterocycles. The highest BCUT2D eigenvalue weighted by Gasteiger charge is 2.09. The third-order valence-corrected chi connectivity index (χ3v) is 3.54. The number of hydrogen-bond donors (Lipinski definition) is 0. The molecule has 0 N–H and O–H groups in total. The van der Waals surface area contributed by atoms with Crippen molar-refractivity contribution in [3.8, 4) is 11.8 Å². The standard InChI is InChI=1S/C15H9ClINO2/c16-12-4-1-11(8-18)15(7-12)20-9-14(19)10-2-5-13(17)6-3-10/h1-7H,9H2. The Kier molecular flexibility index (Phi) is 4.99. The van der Waals surface area contributed by atoms with Crippen LogP contribution in [0, 0.1) is 14.9 Å². The van der Waals surface area contributed by atoms with E-state index in [0.29, 0.717) is 21.9 Å². The number of ketones is 1. The minimum atomic E-state index is -0.148. The lowest BCUT2D eigenvalue weighted by Gasteiger charge is -2.07. The summed E-state index contributed by atoms with van der Waals surface area (Å²) >= 11 is 8.02. The van der Waals surface area contributed by atoms with Crippen LogP contribution in [-0.2, 0) is 0 Å². The van der Waals surface area contributed by atoms with Crippen LogP contribution in [0.25, 0.3) is 0 Å². The molecule has 0 fully saturated rings. The van der Waals surface area contributed by atoms with Gasteiger partial charge in [0.1, 0.15) is 11.8 Å². The average molecular weight is 398 g/mol. The number of nitrogens with zero attached hydrogens (tertiary/aromatic N) is 1. The predicted octanol–water partition coefficient (Wildman–Crippen LogP) is 4.08. The Bertz CT molecular complexity index is 677. The van der Waals surface area contributed by atoms with Gasteiger partial charge in [0.2, 0.25) is 0 Å². The van der Waals surface area contributed by atoms with Crippen molar-refractivity contribution in [3.05, 3.63) is 62.2 Å². The molecule has 0 aliphatic heterocycles. The van der Waals surface area contributed by atoms with Crippen LogP contribution in [0.3, 0.4) is 0 Å². The largest absolute Gasteiger partial charge is 0.484 e. The van der Waals surface area contributed by atoms with E-state index in [1.54, 1.807) is 24.3 Å². The van der Waals surface area contributed by atoms with Gasteiger partial charge in [-0.15, -0.1) is 0 Å². The van der Waals surface area contributed by atoms with Crippen LogP contribution in [0.15, 0.2) is 42.5 Å². The molecular weight excluding hydrogens is 389 g/mol. The zero-order valence-corrected chi connectivity index (χ0v) is 13.2. The monoisotopic (exact) mass is 397 g/mol. The van der Waals surface area contributed by atoms with Crippen molar-refractivity contribution in [2.75, 3.05) is 6.61 Å². The second kappa shape index (κ2) is 6.73. The minimum absolute atomic E-state index is 0.129. The first-order valence-electron chi connectivity index (χ1n) is 5.71. The molecule has 0 aliphatic carbocycles. The highest BCUT2D eigenvalue weighted by molar-refractivity contribution is 14.1. The summed E-state index contributed by atoms with van der Waals surface area (Å²) < 4.78 is 6.45. The van der Waals surface area contributed by atoms with Gasteiger partial charge in [-0.05, 0) is 46.9 Å². The number of halogens is 2. The van der Waals surface area contributed by atoms with Crippen LogP contribution in [-0.4, -0.2) is 12.4 Å². The number of rotatable bonds is 4. The molecular formula is C15H9ClINO2. The summed E-state index contributed by atoms with van der Waals surface area (Å²) in [5.74, 6) is 0.170. The molecule has 0 unspecified atom stereocenters. The summed E-state index contributed by atoms with van der Waals surface area (Å²) in [7, 11) is 0. The Morgan fingerprint density at radius 2 is 1.95 bits per heavy atom. The van der Waals surface area contributed by atoms with E-state index >= 15 is 0 Å². The van der Waals surface area contributed by atoms with Crippen LogP contribution in [0.4, 0.5) is 0 Å². The summed E-state index contributed by atoms with van der Waals surface area (Å²) in [4.78, 5) is 12.0. The number of hydrogen-bond acceptors (Lipinski definition) is 3. The number of carbonyl (C=O) groups excluding carboxylic acids is 1. The molecule has 0 aliphatic rings. The van der Waals surface area contributed by atoms with E-state index in [2.05, 4.69) is 22.6 Å². The van der Waals surface area contributed by atoms with Gasteiger partial charge in [-0.25, -0.2) is 0 Å². The Balaban J connectivity index is 2.09. The Labute approximate surface area is 135 Å². The lowest BCUT2D eigenvalue weighted by molar-refractivity contribution is 0.0921. The summed E-state index contributed by atoms with van der Waals surface area (Å²) in [6, 6.07) is 13.9. The Morgan fingerprint density at radius 3 is 2.60 bits per heavy atom. The highest BCUT2D eigenvalue weighted by atomic mass is 127. The second-order valence-electron chi connectivity index (χ2n) is 3.97. The van der Waals surface area contributed by atoms with E-state index in [1.165, 1.54) is 6.07 Å². The molecule has 0 aromatic heterocycles. The zero-order chi connectivity index (χ0) is 14.5. The maximum absolute atomic E-state index is 12.0. The van der Waals surface area contributed by atoms with Gasteiger partial charge in [0.05, 0.1) is 5.56 Å². The number of benzene rings is 2. The van der Waals surface area contributed by atoms with E-state index < -0.39 is 0 Å². The molecule has 20 heavy (non-hydrogen) atoms. The van der Waals surface area contributed by atoms with Crippen molar-refractivity contribution in [2.45, 2.75) is 0 Å². The third-order valence-electron chi connectivity index (χ3n) is 2.59. The fourth-order valence-electron chi connectivity index (χ4n) is 1.57. The number of Topliss-reactive ketones (excluding diaryl/α,β-unsaturated/α-hetero) is 1. The Morgan fingerprint density at radius 1 is 1.25 bits per heavy atom. The predicted molar refractivity (Wildman–Crippen MR) is 85.2 cm³/mol. The Hall–Kier alpha value is -1.58. The highest BCUT2D eigenvalue weighted by Crippen LogP contribution is 2.22. The number of carbonyl (C=O) groups is 1. The molecule has 2 aromatic rings. The molecule has 2 rings (SSSR count). The maximum atomic E-state index is 12.0. The molecule has 2 aromatic carbocycles. The van der Waals surface area contributed by atoms with Gasteiger partial charge in [0.15, 0.2) is 12.4 Å². The topological polar surface area (TPSA) is 50.1 Å². The SMILES string of the molecule is N#Cc1ccc(Cl)cc1OCC(=O)c1ccc(I)cc1. The molecule has 0 radical (unpaired) electrons. The molecule has 0 saturated carbocycles. The maximum Gasteiger partial charge on any atom is 0.200 e. The lowest BCUT2D eigenvalue weighted by atomic mass is 10.1. The van der Waals surface area contributed by atoms with Crippen LogP contribution < -0.4 is 4.74 Å².